The van der Waals surface area contributed by atoms with Gasteiger partial charge in [-0.1, -0.05) is 0 Å². The van der Waals surface area contributed by atoms with Gasteiger partial charge in [-0.15, -0.1) is 0 Å². The van der Waals surface area contributed by atoms with Gasteiger partial charge in [0.25, 0.3) is 0 Å². The quantitative estimate of drug-likeness (QED) is 0.822. The van der Waals surface area contributed by atoms with Gasteiger partial charge in [0.15, 0.2) is 0 Å². The van der Waals surface area contributed by atoms with Crippen molar-refractivity contribution in [3.63, 3.8) is 0 Å². The van der Waals surface area contributed by atoms with Gasteiger partial charge in [0.05, 0.1) is 11.0 Å². The molecule has 0 atom stereocenters. The first-order valence-electron chi connectivity index (χ1n) is 4.64. The lowest BCUT2D eigenvalue weighted by atomic mass is 10.3. The second-order valence-corrected chi connectivity index (χ2v) is 5.02. The van der Waals surface area contributed by atoms with Crippen LogP contribution in [-0.2, 0) is 14.6 Å². The van der Waals surface area contributed by atoms with Crippen LogP contribution in [0.1, 0.15) is 6.92 Å². The maximum atomic E-state index is 11.6. The number of carbonyl (C=O) groups is 1. The van der Waals surface area contributed by atoms with Gasteiger partial charge < -0.3 is 5.32 Å². The molecule has 0 radical (unpaired) electrons. The van der Waals surface area contributed by atoms with Gasteiger partial charge >= 0.3 is 0 Å². The van der Waals surface area contributed by atoms with Crippen LogP contribution in [0.4, 0.5) is 5.69 Å². The number of carbonyl (C=O) groups excluding carboxylic acids is 1. The van der Waals surface area contributed by atoms with E-state index in [4.69, 9.17) is 5.26 Å². The summed E-state index contributed by atoms with van der Waals surface area (Å²) in [4.78, 5) is 10.8. The number of anilines is 1. The fourth-order valence-electron chi connectivity index (χ4n) is 1.13. The van der Waals surface area contributed by atoms with Gasteiger partial charge in [-0.05, 0) is 24.3 Å². The predicted molar refractivity (Wildman–Crippen MR) is 62.7 cm³/mol. The second kappa shape index (κ2) is 5.27. The van der Waals surface area contributed by atoms with E-state index in [1.807, 2.05) is 0 Å². The Morgan fingerprint density at radius 1 is 1.35 bits per heavy atom. The number of sulfone groups is 1. The molecule has 0 saturated carbocycles. The lowest BCUT2D eigenvalue weighted by Gasteiger charge is -2.03. The van der Waals surface area contributed by atoms with E-state index in [1.165, 1.54) is 31.2 Å². The fourth-order valence-corrected chi connectivity index (χ4v) is 2.04. The molecule has 0 heterocycles. The van der Waals surface area contributed by atoms with E-state index in [1.54, 1.807) is 6.07 Å². The molecule has 1 amide bonds. The average molecular weight is 250 g/mol. The summed E-state index contributed by atoms with van der Waals surface area (Å²) in [6.07, 6.45) is 0.900. The molecule has 0 spiro atoms. The molecule has 0 aliphatic rings. The lowest BCUT2D eigenvalue weighted by molar-refractivity contribution is -0.114. The molecule has 0 aliphatic heterocycles. The Balaban J connectivity index is 3.00. The lowest BCUT2D eigenvalue weighted by Crippen LogP contribution is -2.05. The van der Waals surface area contributed by atoms with Crippen molar-refractivity contribution in [2.45, 2.75) is 11.8 Å². The van der Waals surface area contributed by atoms with Crippen LogP contribution in [0.25, 0.3) is 0 Å². The summed E-state index contributed by atoms with van der Waals surface area (Å²) in [5.74, 6) is -0.231. The molecule has 1 aromatic rings. The van der Waals surface area contributed by atoms with Crippen LogP contribution in [0.5, 0.6) is 0 Å². The highest BCUT2D eigenvalue weighted by atomic mass is 32.2. The Morgan fingerprint density at radius 3 is 2.41 bits per heavy atom. The molecule has 17 heavy (non-hydrogen) atoms. The zero-order valence-electron chi connectivity index (χ0n) is 9.04. The smallest absolute Gasteiger partial charge is 0.221 e. The minimum absolute atomic E-state index is 0.0677. The van der Waals surface area contributed by atoms with Gasteiger partial charge in [0, 0.05) is 24.1 Å². The van der Waals surface area contributed by atoms with Crippen molar-refractivity contribution in [3.8, 4) is 6.07 Å². The fraction of sp³-hybridized carbons (Fsp3) is 0.0909. The first kappa shape index (κ1) is 12.9. The van der Waals surface area contributed by atoms with Gasteiger partial charge in [0.1, 0.15) is 0 Å². The average Bonchev–Trinajstić information content (AvgIpc) is 2.26. The Kier molecular flexibility index (Phi) is 4.01. The topological polar surface area (TPSA) is 87.0 Å². The number of allylic oxidation sites excluding steroid dienone is 1. The number of hydrogen-bond donors (Lipinski definition) is 1. The van der Waals surface area contributed by atoms with Crippen LogP contribution >= 0.6 is 0 Å². The molecular weight excluding hydrogens is 240 g/mol. The summed E-state index contributed by atoms with van der Waals surface area (Å²) in [5, 5.41) is 11.6. The molecular formula is C11H10N2O3S. The standard InChI is InChI=1S/C11H10N2O3S/c1-9(14)13-10-3-5-11(6-4-10)17(15,16)8-2-7-12/h2-6,8H,1H3,(H,13,14)/b8-2+. The Bertz CT molecular complexity index is 580. The van der Waals surface area contributed by atoms with Gasteiger partial charge in [0.2, 0.25) is 15.7 Å². The maximum Gasteiger partial charge on any atom is 0.221 e. The largest absolute Gasteiger partial charge is 0.326 e. The summed E-state index contributed by atoms with van der Waals surface area (Å²) < 4.78 is 23.2. The highest BCUT2D eigenvalue weighted by molar-refractivity contribution is 7.94. The summed E-state index contributed by atoms with van der Waals surface area (Å²) in [6, 6.07) is 7.30. The molecule has 1 aromatic carbocycles. The van der Waals surface area contributed by atoms with Gasteiger partial charge in [-0.2, -0.15) is 5.26 Å². The Morgan fingerprint density at radius 2 is 1.94 bits per heavy atom. The third kappa shape index (κ3) is 3.74. The highest BCUT2D eigenvalue weighted by Crippen LogP contribution is 2.16. The van der Waals surface area contributed by atoms with Crippen LogP contribution in [-0.4, -0.2) is 14.3 Å². The number of nitriles is 1. The zero-order chi connectivity index (χ0) is 12.9. The minimum Gasteiger partial charge on any atom is -0.326 e. The molecule has 0 bridgehead atoms. The van der Waals surface area contributed by atoms with E-state index in [0.29, 0.717) is 5.69 Å². The monoisotopic (exact) mass is 250 g/mol. The van der Waals surface area contributed by atoms with Crippen LogP contribution in [0.3, 0.4) is 0 Å². The Labute approximate surface area is 99.3 Å². The van der Waals surface area contributed by atoms with E-state index >= 15 is 0 Å². The molecule has 0 aromatic heterocycles. The molecule has 88 valence electrons. The summed E-state index contributed by atoms with van der Waals surface area (Å²) in [5.41, 5.74) is 0.515. The summed E-state index contributed by atoms with van der Waals surface area (Å²) in [7, 11) is -3.58. The maximum absolute atomic E-state index is 11.6. The van der Waals surface area contributed by atoms with Crippen molar-refractivity contribution in [1.82, 2.24) is 0 Å². The first-order valence-corrected chi connectivity index (χ1v) is 6.19. The van der Waals surface area contributed by atoms with Crippen molar-refractivity contribution >= 4 is 21.4 Å². The summed E-state index contributed by atoms with van der Waals surface area (Å²) >= 11 is 0. The minimum atomic E-state index is -3.58. The third-order valence-corrected chi connectivity index (χ3v) is 3.25. The van der Waals surface area contributed by atoms with Crippen LogP contribution in [0, 0.1) is 11.3 Å². The number of benzene rings is 1. The van der Waals surface area contributed by atoms with E-state index in [0.717, 1.165) is 11.5 Å². The molecule has 1 rings (SSSR count). The van der Waals surface area contributed by atoms with Crippen molar-refractivity contribution in [1.29, 1.82) is 5.26 Å². The SMILES string of the molecule is CC(=O)Nc1ccc(S(=O)(=O)/C=C/C#N)cc1. The molecule has 0 unspecified atom stereocenters. The highest BCUT2D eigenvalue weighted by Gasteiger charge is 2.09. The molecule has 0 fully saturated rings. The molecule has 1 N–H and O–H groups in total. The Hall–Kier alpha value is -2.13. The van der Waals surface area contributed by atoms with E-state index in [-0.39, 0.29) is 10.8 Å². The normalized spacial score (nSPS) is 11.1. The van der Waals surface area contributed by atoms with Gasteiger partial charge in [-0.3, -0.25) is 4.79 Å². The van der Waals surface area contributed by atoms with Crippen LogP contribution in [0.2, 0.25) is 0 Å². The molecule has 5 nitrogen and oxygen atoms in total. The number of rotatable bonds is 3. The van der Waals surface area contributed by atoms with Crippen molar-refractivity contribution in [2.24, 2.45) is 0 Å². The van der Waals surface area contributed by atoms with E-state index in [2.05, 4.69) is 5.32 Å². The van der Waals surface area contributed by atoms with Crippen LogP contribution in [0.15, 0.2) is 40.6 Å². The summed E-state index contributed by atoms with van der Waals surface area (Å²) in [6.45, 7) is 1.36. The predicted octanol–water partition coefficient (Wildman–Crippen LogP) is 1.46. The number of nitrogens with zero attached hydrogens (tertiary/aromatic N) is 1. The van der Waals surface area contributed by atoms with E-state index < -0.39 is 9.84 Å². The third-order valence-electron chi connectivity index (χ3n) is 1.82. The zero-order valence-corrected chi connectivity index (χ0v) is 9.86. The van der Waals surface area contributed by atoms with Crippen molar-refractivity contribution in [2.75, 3.05) is 5.32 Å². The van der Waals surface area contributed by atoms with E-state index in [9.17, 15) is 13.2 Å². The number of hydrogen-bond acceptors (Lipinski definition) is 4. The number of amides is 1. The molecule has 0 saturated heterocycles. The van der Waals surface area contributed by atoms with Crippen molar-refractivity contribution in [3.05, 3.63) is 35.7 Å². The first-order chi connectivity index (χ1) is 7.95. The number of nitrogens with one attached hydrogen (secondary N) is 1. The van der Waals surface area contributed by atoms with Crippen LogP contribution < -0.4 is 5.32 Å². The van der Waals surface area contributed by atoms with Gasteiger partial charge in [-0.25, -0.2) is 8.42 Å². The van der Waals surface area contributed by atoms with Crippen molar-refractivity contribution < 1.29 is 13.2 Å². The molecule has 6 heteroatoms. The second-order valence-electron chi connectivity index (χ2n) is 3.18. The molecule has 0 aliphatic carbocycles.